The number of hydrogen-bond acceptors (Lipinski definition) is 13. The van der Waals surface area contributed by atoms with Crippen LogP contribution in [-0.4, -0.2) is 90.8 Å². The van der Waals surface area contributed by atoms with Crippen molar-refractivity contribution in [3.05, 3.63) is 57.8 Å². The van der Waals surface area contributed by atoms with E-state index in [4.69, 9.17) is 65.6 Å². The van der Waals surface area contributed by atoms with Crippen molar-refractivity contribution in [2.45, 2.75) is 89.8 Å². The number of fused-ring (bicyclic) bond motifs is 2. The quantitative estimate of drug-likeness (QED) is 0.0859. The van der Waals surface area contributed by atoms with Crippen LogP contribution in [0.3, 0.4) is 0 Å². The van der Waals surface area contributed by atoms with Crippen LogP contribution in [0.15, 0.2) is 37.0 Å². The maximum atomic E-state index is 13.5. The Morgan fingerprint density at radius 1 is 0.654 bits per heavy atom. The van der Waals surface area contributed by atoms with Gasteiger partial charge in [-0.1, -0.05) is 47.5 Å². The molecular weight excluding hydrogens is 766 g/mol. The Bertz CT molecular complexity index is 1960. The summed E-state index contributed by atoms with van der Waals surface area (Å²) >= 11 is 24.5. The van der Waals surface area contributed by atoms with Crippen molar-refractivity contribution in [2.24, 2.45) is 0 Å². The Balaban J connectivity index is 1.22. The molecule has 6 rings (SSSR count). The van der Waals surface area contributed by atoms with Crippen molar-refractivity contribution in [1.29, 1.82) is 0 Å². The number of nitrogens with zero attached hydrogens (tertiary/aromatic N) is 10. The summed E-state index contributed by atoms with van der Waals surface area (Å²) in [4.78, 5) is 76.4. The van der Waals surface area contributed by atoms with Crippen LogP contribution in [0.2, 0.25) is 20.9 Å². The Kier molecular flexibility index (Phi) is 10.2. The lowest BCUT2D eigenvalue weighted by Crippen LogP contribution is -2.47. The number of ether oxygens (including phenoxy) is 2. The monoisotopic (exact) mass is 796 g/mol. The summed E-state index contributed by atoms with van der Waals surface area (Å²) in [5.74, 6) is 0. The molecule has 21 heteroatoms. The third kappa shape index (κ3) is 8.11. The number of amides is 2. The van der Waals surface area contributed by atoms with Crippen molar-refractivity contribution < 1.29 is 33.5 Å². The number of rotatable bonds is 4. The second kappa shape index (κ2) is 14.2. The van der Waals surface area contributed by atoms with Crippen LogP contribution in [0.25, 0.3) is 22.3 Å². The van der Waals surface area contributed by atoms with Gasteiger partial charge in [-0.2, -0.15) is 14.8 Å². The van der Waals surface area contributed by atoms with Gasteiger partial charge < -0.3 is 18.6 Å². The summed E-state index contributed by atoms with van der Waals surface area (Å²) in [6, 6.07) is -2.54. The lowest BCUT2D eigenvalue weighted by atomic mass is 10.2. The van der Waals surface area contributed by atoms with Gasteiger partial charge in [0.1, 0.15) is 22.2 Å². The van der Waals surface area contributed by atoms with E-state index in [1.54, 1.807) is 75.0 Å². The lowest BCUT2D eigenvalue weighted by molar-refractivity contribution is -0.187. The maximum absolute atomic E-state index is 13.5. The molecule has 4 atom stereocenters. The van der Waals surface area contributed by atoms with Crippen molar-refractivity contribution in [2.75, 3.05) is 0 Å². The van der Waals surface area contributed by atoms with Crippen LogP contribution >= 0.6 is 46.4 Å². The van der Waals surface area contributed by atoms with Crippen molar-refractivity contribution >= 4 is 87.1 Å². The van der Waals surface area contributed by atoms with Crippen LogP contribution in [-0.2, 0) is 19.1 Å². The SMILES string of the molecule is CC(C)(C)OC(=O)N(OC(=O)ON(C(=O)OC(C)(C)C)[C@@H]1C=C[C@H](n2cnc3c(Cl)nc(Cl)nc32)C1)[C@@H]1C=C[C@H](n2cnc3c(Cl)nc(Cl)nc32)C1. The predicted molar refractivity (Wildman–Crippen MR) is 188 cm³/mol. The average Bonchev–Trinajstić information content (AvgIpc) is 3.82. The standard InChI is InChI=1S/C31H32Cl4N10O7/c1-30(2,3)49-27(46)44(17-9-7-15(11-17)42-13-36-19-21(32)38-25(34)40-23(19)42)51-29(48)52-45(28(47)50-31(4,5)6)18-10-8-16(12-18)43-14-37-20-22(33)39-26(35)41-24(20)43/h7-10,13-18H,11-12H2,1-6H3/t15-,16-,17+,18+/m0/s1. The second-order valence-electron chi connectivity index (χ2n) is 13.8. The first-order chi connectivity index (χ1) is 24.4. The zero-order valence-electron chi connectivity index (χ0n) is 28.5. The van der Waals surface area contributed by atoms with E-state index in [0.717, 1.165) is 10.1 Å². The molecule has 0 spiro atoms. The highest BCUT2D eigenvalue weighted by molar-refractivity contribution is 6.35. The van der Waals surface area contributed by atoms with Gasteiger partial charge in [0.15, 0.2) is 21.6 Å². The normalized spacial score (nSPS) is 20.0. The highest BCUT2D eigenvalue weighted by Crippen LogP contribution is 2.34. The van der Waals surface area contributed by atoms with Crippen LogP contribution < -0.4 is 0 Å². The molecule has 4 aromatic heterocycles. The molecule has 2 aliphatic carbocycles. The highest BCUT2D eigenvalue weighted by Gasteiger charge is 2.40. The van der Waals surface area contributed by atoms with Crippen LogP contribution in [0.1, 0.15) is 66.5 Å². The number of halogens is 4. The zero-order chi connectivity index (χ0) is 37.7. The smallest absolute Gasteiger partial charge is 0.442 e. The fourth-order valence-electron chi connectivity index (χ4n) is 5.55. The molecule has 0 fully saturated rings. The van der Waals surface area contributed by atoms with E-state index in [1.807, 2.05) is 0 Å². The van der Waals surface area contributed by atoms with Gasteiger partial charge >= 0.3 is 18.3 Å². The van der Waals surface area contributed by atoms with E-state index < -0.39 is 53.7 Å². The van der Waals surface area contributed by atoms with Crippen molar-refractivity contribution in [3.8, 4) is 0 Å². The molecule has 0 saturated carbocycles. The minimum atomic E-state index is -1.41. The largest absolute Gasteiger partial charge is 0.559 e. The van der Waals surface area contributed by atoms with Gasteiger partial charge in [-0.05, 0) is 77.6 Å². The molecule has 0 unspecified atom stereocenters. The first kappa shape index (κ1) is 37.3. The maximum Gasteiger partial charge on any atom is 0.559 e. The molecule has 17 nitrogen and oxygen atoms in total. The number of carbonyl (C=O) groups excluding carboxylic acids is 3. The molecule has 0 aliphatic heterocycles. The molecule has 4 aromatic rings. The minimum Gasteiger partial charge on any atom is -0.442 e. The van der Waals surface area contributed by atoms with Crippen molar-refractivity contribution in [1.82, 2.24) is 49.2 Å². The third-order valence-corrected chi connectivity index (χ3v) is 8.45. The number of hydrogen-bond donors (Lipinski definition) is 0. The molecule has 276 valence electrons. The average molecular weight is 798 g/mol. The van der Waals surface area contributed by atoms with Crippen LogP contribution in [0.5, 0.6) is 0 Å². The first-order valence-corrected chi connectivity index (χ1v) is 17.3. The molecule has 2 amide bonds. The number of aromatic nitrogens is 8. The Hall–Kier alpha value is -4.45. The van der Waals surface area contributed by atoms with Gasteiger partial charge in [0.2, 0.25) is 10.6 Å². The molecule has 52 heavy (non-hydrogen) atoms. The van der Waals surface area contributed by atoms with Gasteiger partial charge in [0.05, 0.1) is 36.8 Å². The van der Waals surface area contributed by atoms with Gasteiger partial charge in [-0.25, -0.2) is 29.5 Å². The highest BCUT2D eigenvalue weighted by atomic mass is 35.5. The topological polar surface area (TPSA) is 182 Å². The van der Waals surface area contributed by atoms with E-state index >= 15 is 0 Å². The van der Waals surface area contributed by atoms with Gasteiger partial charge in [0.25, 0.3) is 0 Å². The number of carbonyl (C=O) groups is 3. The summed E-state index contributed by atoms with van der Waals surface area (Å²) in [5.41, 5.74) is -0.527. The molecule has 2 aliphatic rings. The van der Waals surface area contributed by atoms with E-state index in [0.29, 0.717) is 22.3 Å². The number of imidazole rings is 2. The van der Waals surface area contributed by atoms with Crippen molar-refractivity contribution in [3.63, 3.8) is 0 Å². The predicted octanol–water partition coefficient (Wildman–Crippen LogP) is 7.48. The summed E-state index contributed by atoms with van der Waals surface area (Å²) in [6.07, 6.45) is 6.84. The Morgan fingerprint density at radius 3 is 1.40 bits per heavy atom. The van der Waals surface area contributed by atoms with Gasteiger partial charge in [-0.3, -0.25) is 9.68 Å². The molecule has 0 N–H and O–H groups in total. The number of hydroxylamine groups is 4. The fourth-order valence-corrected chi connectivity index (χ4v) is 6.40. The molecular formula is C31H32Cl4N10O7. The Labute approximate surface area is 316 Å². The molecule has 4 heterocycles. The van der Waals surface area contributed by atoms with E-state index in [1.165, 1.54) is 12.7 Å². The third-order valence-electron chi connectivity index (χ3n) is 7.59. The van der Waals surface area contributed by atoms with Crippen LogP contribution in [0.4, 0.5) is 14.4 Å². The van der Waals surface area contributed by atoms with E-state index in [2.05, 4.69) is 29.9 Å². The summed E-state index contributed by atoms with van der Waals surface area (Å²) in [6.45, 7) is 9.94. The molecule has 0 aromatic carbocycles. The lowest BCUT2D eigenvalue weighted by Gasteiger charge is -2.31. The van der Waals surface area contributed by atoms with Gasteiger partial charge in [-0.15, -0.1) is 10.1 Å². The van der Waals surface area contributed by atoms with Crippen LogP contribution in [0, 0.1) is 0 Å². The fraction of sp³-hybridized carbons (Fsp3) is 0.452. The zero-order valence-corrected chi connectivity index (χ0v) is 31.6. The van der Waals surface area contributed by atoms with E-state index in [-0.39, 0.29) is 33.7 Å². The molecule has 0 bridgehead atoms. The summed E-state index contributed by atoms with van der Waals surface area (Å²) in [5, 5.41) is 1.49. The van der Waals surface area contributed by atoms with Gasteiger partial charge in [0, 0.05) is 0 Å². The molecule has 0 saturated heterocycles. The van der Waals surface area contributed by atoms with E-state index in [9.17, 15) is 14.4 Å². The first-order valence-electron chi connectivity index (χ1n) is 15.8. The molecule has 0 radical (unpaired) electrons. The summed E-state index contributed by atoms with van der Waals surface area (Å²) in [7, 11) is 0. The second-order valence-corrected chi connectivity index (χ2v) is 15.2. The Morgan fingerprint density at radius 2 is 1.04 bits per heavy atom. The minimum absolute atomic E-state index is 0.0710. The number of allylic oxidation sites excluding steroid dienone is 2. The summed E-state index contributed by atoms with van der Waals surface area (Å²) < 4.78 is 14.5.